The Bertz CT molecular complexity index is 1010. The third kappa shape index (κ3) is 3.71. The summed E-state index contributed by atoms with van der Waals surface area (Å²) in [7, 11) is 0. The SMILES string of the molecule is O=C(Nc1cnc(N2CCC(F)(F)CC2)c(F)c1)Nc1c[nH]c2cccnc12. The number of carbonyl (C=O) groups is 1. The second-order valence-corrected chi connectivity index (χ2v) is 6.55. The van der Waals surface area contributed by atoms with Gasteiger partial charge in [-0.3, -0.25) is 4.98 Å². The number of hydrogen-bond donors (Lipinski definition) is 3. The van der Waals surface area contributed by atoms with Crippen molar-refractivity contribution in [3.8, 4) is 0 Å². The zero-order valence-electron chi connectivity index (χ0n) is 14.7. The Morgan fingerprint density at radius 3 is 2.75 bits per heavy atom. The molecule has 1 aliphatic heterocycles. The normalized spacial score (nSPS) is 16.2. The van der Waals surface area contributed by atoms with E-state index in [2.05, 4.69) is 25.6 Å². The van der Waals surface area contributed by atoms with E-state index in [1.54, 1.807) is 18.5 Å². The zero-order chi connectivity index (χ0) is 19.7. The van der Waals surface area contributed by atoms with Gasteiger partial charge < -0.3 is 20.5 Å². The van der Waals surface area contributed by atoms with Crippen molar-refractivity contribution in [3.05, 3.63) is 42.6 Å². The lowest BCUT2D eigenvalue weighted by molar-refractivity contribution is -0.0222. The molecule has 4 heterocycles. The molecule has 3 aromatic rings. The standard InChI is InChI=1S/C18H17F3N6O/c19-12-8-11(9-24-16(12)27-6-3-18(20,21)4-7-27)25-17(28)26-14-10-23-13-2-1-5-22-15(13)14/h1-2,5,8-10,23H,3-4,6-7H2,(H2,25,26,28). The van der Waals surface area contributed by atoms with Gasteiger partial charge in [-0.25, -0.2) is 22.9 Å². The molecule has 2 amide bonds. The summed E-state index contributed by atoms with van der Waals surface area (Å²) in [5.41, 5.74) is 1.99. The van der Waals surface area contributed by atoms with Crippen LogP contribution in [0.4, 0.5) is 35.2 Å². The number of H-pyrrole nitrogens is 1. The molecule has 4 rings (SSSR count). The highest BCUT2D eigenvalue weighted by Crippen LogP contribution is 2.31. The predicted octanol–water partition coefficient (Wildman–Crippen LogP) is 3.98. The van der Waals surface area contributed by atoms with E-state index >= 15 is 0 Å². The number of pyridine rings is 2. The first kappa shape index (κ1) is 18.1. The number of fused-ring (bicyclic) bond motifs is 1. The number of aromatic amines is 1. The lowest BCUT2D eigenvalue weighted by atomic mass is 10.1. The Balaban J connectivity index is 1.42. The van der Waals surface area contributed by atoms with E-state index in [9.17, 15) is 18.0 Å². The summed E-state index contributed by atoms with van der Waals surface area (Å²) in [5.74, 6) is -3.40. The van der Waals surface area contributed by atoms with Gasteiger partial charge in [-0.05, 0) is 12.1 Å². The molecule has 0 radical (unpaired) electrons. The molecule has 1 fully saturated rings. The van der Waals surface area contributed by atoms with Crippen LogP contribution in [0.2, 0.25) is 0 Å². The summed E-state index contributed by atoms with van der Waals surface area (Å²) in [4.78, 5) is 24.8. The molecule has 3 N–H and O–H groups in total. The quantitative estimate of drug-likeness (QED) is 0.632. The third-order valence-corrected chi connectivity index (χ3v) is 4.56. The number of hydrogen-bond acceptors (Lipinski definition) is 4. The lowest BCUT2D eigenvalue weighted by Gasteiger charge is -2.32. The number of halogens is 3. The Kier molecular flexibility index (Phi) is 4.54. The van der Waals surface area contributed by atoms with E-state index < -0.39 is 17.8 Å². The molecule has 0 spiro atoms. The maximum absolute atomic E-state index is 14.4. The third-order valence-electron chi connectivity index (χ3n) is 4.56. The van der Waals surface area contributed by atoms with E-state index in [-0.39, 0.29) is 37.4 Å². The lowest BCUT2D eigenvalue weighted by Crippen LogP contribution is -2.40. The average Bonchev–Trinajstić information content (AvgIpc) is 3.05. The first-order chi connectivity index (χ1) is 13.4. The molecule has 3 aromatic heterocycles. The van der Waals surface area contributed by atoms with Crippen LogP contribution in [0.25, 0.3) is 11.0 Å². The van der Waals surface area contributed by atoms with Gasteiger partial charge >= 0.3 is 6.03 Å². The number of aromatic nitrogens is 3. The topological polar surface area (TPSA) is 85.9 Å². The maximum atomic E-state index is 14.4. The van der Waals surface area contributed by atoms with Crippen molar-refractivity contribution in [1.29, 1.82) is 0 Å². The maximum Gasteiger partial charge on any atom is 0.323 e. The fourth-order valence-electron chi connectivity index (χ4n) is 3.11. The molecule has 146 valence electrons. The number of anilines is 3. The van der Waals surface area contributed by atoms with Crippen molar-refractivity contribution in [3.63, 3.8) is 0 Å². The highest BCUT2D eigenvalue weighted by molar-refractivity contribution is 6.04. The summed E-state index contributed by atoms with van der Waals surface area (Å²) in [6.45, 7) is 0.0511. The first-order valence-electron chi connectivity index (χ1n) is 8.70. The molecule has 0 aliphatic carbocycles. The van der Waals surface area contributed by atoms with E-state index in [1.807, 2.05) is 6.07 Å². The molecule has 10 heteroatoms. The van der Waals surface area contributed by atoms with Crippen molar-refractivity contribution in [2.24, 2.45) is 0 Å². The highest BCUT2D eigenvalue weighted by Gasteiger charge is 2.35. The summed E-state index contributed by atoms with van der Waals surface area (Å²) in [5, 5.41) is 5.13. The Hall–Kier alpha value is -3.30. The molecule has 0 atom stereocenters. The minimum atomic E-state index is -2.72. The molecular weight excluding hydrogens is 373 g/mol. The molecule has 0 unspecified atom stereocenters. The van der Waals surface area contributed by atoms with Gasteiger partial charge in [0.2, 0.25) is 0 Å². The zero-order valence-corrected chi connectivity index (χ0v) is 14.7. The smallest absolute Gasteiger partial charge is 0.323 e. The van der Waals surface area contributed by atoms with Crippen LogP contribution in [0.3, 0.4) is 0 Å². The van der Waals surface area contributed by atoms with Crippen molar-refractivity contribution in [2.75, 3.05) is 28.6 Å². The number of alkyl halides is 2. The van der Waals surface area contributed by atoms with Gasteiger partial charge in [-0.2, -0.15) is 0 Å². The first-order valence-corrected chi connectivity index (χ1v) is 8.70. The Labute approximate surface area is 158 Å². The summed E-state index contributed by atoms with van der Waals surface area (Å²) >= 11 is 0. The van der Waals surface area contributed by atoms with E-state index in [0.717, 1.165) is 11.6 Å². The number of nitrogens with one attached hydrogen (secondary N) is 3. The second-order valence-electron chi connectivity index (χ2n) is 6.55. The van der Waals surface area contributed by atoms with Gasteiger partial charge in [-0.15, -0.1) is 0 Å². The van der Waals surface area contributed by atoms with E-state index in [1.165, 1.54) is 11.1 Å². The summed E-state index contributed by atoms with van der Waals surface area (Å²) in [6, 6.07) is 4.11. The van der Waals surface area contributed by atoms with Crippen LogP contribution in [-0.4, -0.2) is 40.0 Å². The van der Waals surface area contributed by atoms with Gasteiger partial charge in [0.05, 0.1) is 23.1 Å². The molecule has 1 aliphatic rings. The van der Waals surface area contributed by atoms with Crippen molar-refractivity contribution >= 4 is 34.3 Å². The van der Waals surface area contributed by atoms with Gasteiger partial charge in [0.1, 0.15) is 5.52 Å². The van der Waals surface area contributed by atoms with Crippen LogP contribution in [-0.2, 0) is 0 Å². The molecule has 0 bridgehead atoms. The number of carbonyl (C=O) groups excluding carboxylic acids is 1. The summed E-state index contributed by atoms with van der Waals surface area (Å²) in [6.07, 6.45) is 3.82. The van der Waals surface area contributed by atoms with Crippen molar-refractivity contribution < 1.29 is 18.0 Å². The number of rotatable bonds is 3. The number of amides is 2. The fraction of sp³-hybridized carbons (Fsp3) is 0.278. The van der Waals surface area contributed by atoms with Gasteiger partial charge in [-0.1, -0.05) is 0 Å². The summed E-state index contributed by atoms with van der Waals surface area (Å²) < 4.78 is 40.9. The Morgan fingerprint density at radius 1 is 1.21 bits per heavy atom. The van der Waals surface area contributed by atoms with E-state index in [0.29, 0.717) is 11.2 Å². The van der Waals surface area contributed by atoms with Crippen LogP contribution < -0.4 is 15.5 Å². The predicted molar refractivity (Wildman–Crippen MR) is 99.3 cm³/mol. The number of urea groups is 1. The van der Waals surface area contributed by atoms with Gasteiger partial charge in [0.15, 0.2) is 11.6 Å². The van der Waals surface area contributed by atoms with Crippen LogP contribution in [0.1, 0.15) is 12.8 Å². The van der Waals surface area contributed by atoms with Gasteiger partial charge in [0.25, 0.3) is 5.92 Å². The van der Waals surface area contributed by atoms with Gasteiger partial charge in [0, 0.05) is 44.4 Å². The van der Waals surface area contributed by atoms with Crippen LogP contribution >= 0.6 is 0 Å². The molecule has 0 saturated carbocycles. The molecular formula is C18H17F3N6O. The fourth-order valence-corrected chi connectivity index (χ4v) is 3.11. The molecule has 28 heavy (non-hydrogen) atoms. The van der Waals surface area contributed by atoms with Crippen LogP contribution in [0.15, 0.2) is 36.8 Å². The molecule has 1 saturated heterocycles. The van der Waals surface area contributed by atoms with Crippen molar-refractivity contribution in [2.45, 2.75) is 18.8 Å². The highest BCUT2D eigenvalue weighted by atomic mass is 19.3. The van der Waals surface area contributed by atoms with Crippen molar-refractivity contribution in [1.82, 2.24) is 15.0 Å². The average molecular weight is 390 g/mol. The minimum Gasteiger partial charge on any atom is -0.358 e. The minimum absolute atomic E-state index is 0.00212. The number of piperidine rings is 1. The molecule has 0 aromatic carbocycles. The largest absolute Gasteiger partial charge is 0.358 e. The van der Waals surface area contributed by atoms with E-state index in [4.69, 9.17) is 0 Å². The van der Waals surface area contributed by atoms with Crippen LogP contribution in [0, 0.1) is 5.82 Å². The Morgan fingerprint density at radius 2 is 2.00 bits per heavy atom. The second kappa shape index (κ2) is 7.02. The monoisotopic (exact) mass is 390 g/mol. The molecule has 7 nitrogen and oxygen atoms in total. The number of nitrogens with zero attached hydrogens (tertiary/aromatic N) is 3. The van der Waals surface area contributed by atoms with Crippen LogP contribution in [0.5, 0.6) is 0 Å².